The van der Waals surface area contributed by atoms with Gasteiger partial charge in [0.1, 0.15) is 0 Å². The Labute approximate surface area is 153 Å². The van der Waals surface area contributed by atoms with Crippen LogP contribution in [0.15, 0.2) is 58.5 Å². The fourth-order valence-electron chi connectivity index (χ4n) is 2.61. The van der Waals surface area contributed by atoms with Crippen LogP contribution in [0.4, 0.5) is 11.4 Å². The van der Waals surface area contributed by atoms with E-state index in [4.69, 9.17) is 11.6 Å². The summed E-state index contributed by atoms with van der Waals surface area (Å²) in [6.07, 6.45) is 3.75. The molecule has 25 heavy (non-hydrogen) atoms. The number of fused-ring (bicyclic) bond motifs is 1. The van der Waals surface area contributed by atoms with Crippen molar-refractivity contribution in [2.45, 2.75) is 0 Å². The highest BCUT2D eigenvalue weighted by Crippen LogP contribution is 2.34. The Morgan fingerprint density at radius 3 is 2.88 bits per heavy atom. The molecule has 2 heterocycles. The molecular weight excluding hydrogens is 354 g/mol. The lowest BCUT2D eigenvalue weighted by Gasteiger charge is -1.98. The highest BCUT2D eigenvalue weighted by Gasteiger charge is 2.14. The SMILES string of the molecule is Cn1c(O)c(/C=C2\C=Nc3ccccc32)sc1=Nc1cccc(Cl)c1. The molecule has 4 nitrogen and oxygen atoms in total. The Kier molecular flexibility index (Phi) is 4.03. The smallest absolute Gasteiger partial charge is 0.210 e. The highest BCUT2D eigenvalue weighted by atomic mass is 35.5. The molecule has 1 N–H and O–H groups in total. The number of benzene rings is 2. The van der Waals surface area contributed by atoms with Gasteiger partial charge in [-0.3, -0.25) is 9.56 Å². The van der Waals surface area contributed by atoms with E-state index >= 15 is 0 Å². The maximum Gasteiger partial charge on any atom is 0.210 e. The van der Waals surface area contributed by atoms with Gasteiger partial charge < -0.3 is 5.11 Å². The van der Waals surface area contributed by atoms with Crippen LogP contribution in [0.3, 0.4) is 0 Å². The summed E-state index contributed by atoms with van der Waals surface area (Å²) in [5, 5.41) is 11.1. The van der Waals surface area contributed by atoms with Crippen molar-refractivity contribution in [2.24, 2.45) is 17.0 Å². The Balaban J connectivity index is 1.79. The molecule has 0 radical (unpaired) electrons. The van der Waals surface area contributed by atoms with Crippen LogP contribution in [-0.2, 0) is 7.05 Å². The van der Waals surface area contributed by atoms with Crippen molar-refractivity contribution in [3.63, 3.8) is 0 Å². The molecule has 0 atom stereocenters. The average Bonchev–Trinajstić information content (AvgIpc) is 3.13. The number of aromatic nitrogens is 1. The van der Waals surface area contributed by atoms with Crippen molar-refractivity contribution in [3.8, 4) is 5.88 Å². The molecule has 2 aromatic carbocycles. The molecule has 1 aliphatic heterocycles. The van der Waals surface area contributed by atoms with Crippen LogP contribution < -0.4 is 4.80 Å². The summed E-state index contributed by atoms with van der Waals surface area (Å²) in [6, 6.07) is 15.3. The zero-order valence-electron chi connectivity index (χ0n) is 13.3. The average molecular weight is 368 g/mol. The molecular formula is C19H14ClN3OS. The van der Waals surface area contributed by atoms with E-state index in [1.165, 1.54) is 11.3 Å². The summed E-state index contributed by atoms with van der Waals surface area (Å²) < 4.78 is 1.66. The number of aromatic hydroxyl groups is 1. The second-order valence-corrected chi connectivity index (χ2v) is 7.04. The van der Waals surface area contributed by atoms with Crippen molar-refractivity contribution in [1.29, 1.82) is 0 Å². The quantitative estimate of drug-likeness (QED) is 0.685. The lowest BCUT2D eigenvalue weighted by atomic mass is 10.1. The first-order valence-electron chi connectivity index (χ1n) is 7.66. The first kappa shape index (κ1) is 15.9. The van der Waals surface area contributed by atoms with Crippen molar-refractivity contribution < 1.29 is 5.11 Å². The van der Waals surface area contributed by atoms with Crippen LogP contribution in [0.1, 0.15) is 10.4 Å². The van der Waals surface area contributed by atoms with Crippen LogP contribution >= 0.6 is 22.9 Å². The van der Waals surface area contributed by atoms with Crippen molar-refractivity contribution in [1.82, 2.24) is 4.57 Å². The molecule has 0 aliphatic carbocycles. The van der Waals surface area contributed by atoms with Gasteiger partial charge in [-0.15, -0.1) is 0 Å². The minimum absolute atomic E-state index is 0.177. The fourth-order valence-corrected chi connectivity index (χ4v) is 3.78. The van der Waals surface area contributed by atoms with Crippen LogP contribution in [-0.4, -0.2) is 15.9 Å². The molecule has 6 heteroatoms. The van der Waals surface area contributed by atoms with Gasteiger partial charge in [0.15, 0.2) is 4.80 Å². The van der Waals surface area contributed by atoms with Crippen LogP contribution in [0, 0.1) is 0 Å². The number of para-hydroxylation sites is 1. The minimum atomic E-state index is 0.177. The monoisotopic (exact) mass is 367 g/mol. The van der Waals surface area contributed by atoms with E-state index in [9.17, 15) is 5.11 Å². The summed E-state index contributed by atoms with van der Waals surface area (Å²) in [5.74, 6) is 0.177. The second-order valence-electron chi connectivity index (χ2n) is 5.60. The van der Waals surface area contributed by atoms with Crippen LogP contribution in [0.5, 0.6) is 5.88 Å². The van der Waals surface area contributed by atoms with Gasteiger partial charge in [0.05, 0.1) is 16.3 Å². The maximum atomic E-state index is 10.5. The number of thiazole rings is 1. The zero-order valence-corrected chi connectivity index (χ0v) is 14.9. The predicted molar refractivity (Wildman–Crippen MR) is 104 cm³/mol. The van der Waals surface area contributed by atoms with Gasteiger partial charge >= 0.3 is 0 Å². The van der Waals surface area contributed by atoms with E-state index < -0.39 is 0 Å². The van der Waals surface area contributed by atoms with Crippen LogP contribution in [0.25, 0.3) is 11.6 Å². The lowest BCUT2D eigenvalue weighted by Crippen LogP contribution is -2.08. The molecule has 3 aromatic rings. The third kappa shape index (κ3) is 3.04. The molecule has 0 unspecified atom stereocenters. The number of rotatable bonds is 2. The number of allylic oxidation sites excluding steroid dienone is 1. The summed E-state index contributed by atoms with van der Waals surface area (Å²) in [7, 11) is 1.79. The Morgan fingerprint density at radius 1 is 1.20 bits per heavy atom. The first-order valence-corrected chi connectivity index (χ1v) is 8.85. The number of halogens is 1. The molecule has 0 bridgehead atoms. The molecule has 0 amide bonds. The predicted octanol–water partition coefficient (Wildman–Crippen LogP) is 4.93. The van der Waals surface area contributed by atoms with E-state index in [2.05, 4.69) is 9.98 Å². The normalized spacial score (nSPS) is 15.1. The molecule has 0 fully saturated rings. The number of aliphatic imine (C=N–C) groups is 1. The zero-order chi connectivity index (χ0) is 17.4. The van der Waals surface area contributed by atoms with Gasteiger partial charge in [-0.25, -0.2) is 4.99 Å². The van der Waals surface area contributed by atoms with Crippen molar-refractivity contribution >= 4 is 52.2 Å². The number of hydrogen-bond donors (Lipinski definition) is 1. The van der Waals surface area contributed by atoms with Crippen LogP contribution in [0.2, 0.25) is 5.02 Å². The topological polar surface area (TPSA) is 49.9 Å². The summed E-state index contributed by atoms with van der Waals surface area (Å²) in [4.78, 5) is 10.4. The number of hydrogen-bond acceptors (Lipinski definition) is 4. The van der Waals surface area contributed by atoms with Gasteiger partial charge in [0.25, 0.3) is 0 Å². The molecule has 0 spiro atoms. The highest BCUT2D eigenvalue weighted by molar-refractivity contribution is 7.10. The largest absolute Gasteiger partial charge is 0.493 e. The Hall–Kier alpha value is -2.63. The third-order valence-electron chi connectivity index (χ3n) is 3.90. The Bertz CT molecular complexity index is 1090. The number of nitrogens with zero attached hydrogens (tertiary/aromatic N) is 3. The van der Waals surface area contributed by atoms with E-state index in [-0.39, 0.29) is 5.88 Å². The summed E-state index contributed by atoms with van der Waals surface area (Å²) in [5.41, 5.74) is 3.72. The molecule has 1 aliphatic rings. The van der Waals surface area contributed by atoms with Crippen molar-refractivity contribution in [3.05, 3.63) is 68.8 Å². The Morgan fingerprint density at radius 2 is 2.04 bits per heavy atom. The van der Waals surface area contributed by atoms with Gasteiger partial charge in [0, 0.05) is 29.4 Å². The molecule has 4 rings (SSSR count). The van der Waals surface area contributed by atoms with Gasteiger partial charge in [-0.2, -0.15) is 0 Å². The van der Waals surface area contributed by atoms with E-state index in [1.54, 1.807) is 23.7 Å². The third-order valence-corrected chi connectivity index (χ3v) is 5.21. The molecule has 1 aromatic heterocycles. The van der Waals surface area contributed by atoms with Gasteiger partial charge in [0.2, 0.25) is 5.88 Å². The van der Waals surface area contributed by atoms with Gasteiger partial charge in [-0.05, 0) is 30.3 Å². The maximum absolute atomic E-state index is 10.5. The second kappa shape index (κ2) is 6.35. The fraction of sp³-hybridized carbons (Fsp3) is 0.0526. The van der Waals surface area contributed by atoms with E-state index in [1.807, 2.05) is 48.7 Å². The summed E-state index contributed by atoms with van der Waals surface area (Å²) in [6.45, 7) is 0. The first-order chi connectivity index (χ1) is 12.1. The standard InChI is InChI=1S/C19H14ClN3OS/c1-23-18(24)17(9-12-11-21-16-8-3-2-7-15(12)16)25-19(23)22-14-6-4-5-13(20)10-14/h2-11,24H,1H3/b12-9+,22-19?. The van der Waals surface area contributed by atoms with Crippen molar-refractivity contribution in [2.75, 3.05) is 0 Å². The molecule has 124 valence electrons. The van der Waals surface area contributed by atoms with E-state index in [0.29, 0.717) is 9.82 Å². The lowest BCUT2D eigenvalue weighted by molar-refractivity contribution is 0.427. The minimum Gasteiger partial charge on any atom is -0.493 e. The molecule has 0 saturated carbocycles. The summed E-state index contributed by atoms with van der Waals surface area (Å²) >= 11 is 7.43. The van der Waals surface area contributed by atoms with E-state index in [0.717, 1.165) is 27.4 Å². The van der Waals surface area contributed by atoms with Gasteiger partial charge in [-0.1, -0.05) is 47.2 Å². The molecule has 0 saturated heterocycles.